The monoisotopic (exact) mass is 466 g/mol. The van der Waals surface area contributed by atoms with E-state index in [2.05, 4.69) is 9.97 Å². The molecule has 2 aromatic carbocycles. The van der Waals surface area contributed by atoms with Gasteiger partial charge in [-0.05, 0) is 30.7 Å². The average molecular weight is 466 g/mol. The molecule has 1 aromatic heterocycles. The highest BCUT2D eigenvalue weighted by Gasteiger charge is 2.33. The Hall–Kier alpha value is -2.89. The molecule has 0 radical (unpaired) electrons. The van der Waals surface area contributed by atoms with Crippen LogP contribution in [-0.2, 0) is 16.0 Å². The number of aryl methyl sites for hydroxylation is 1. The molecule has 12 heteroatoms. The Bertz CT molecular complexity index is 1240. The van der Waals surface area contributed by atoms with Gasteiger partial charge in [0.25, 0.3) is 6.43 Å². The zero-order valence-corrected chi connectivity index (χ0v) is 16.6. The Labute approximate surface area is 171 Å². The first kappa shape index (κ1) is 22.8. The van der Waals surface area contributed by atoms with Crippen LogP contribution in [0, 0.1) is 18.6 Å². The third-order valence-electron chi connectivity index (χ3n) is 4.40. The summed E-state index contributed by atoms with van der Waals surface area (Å²) in [7, 11) is -4.28. The molecule has 1 heterocycles. The minimum Gasteiger partial charge on any atom is -0.337 e. The predicted octanol–water partition coefficient (Wildman–Crippen LogP) is 5.69. The highest BCUT2D eigenvalue weighted by Crippen LogP contribution is 2.38. The minimum absolute atomic E-state index is 0.124. The summed E-state index contributed by atoms with van der Waals surface area (Å²) >= 11 is 0. The zero-order chi connectivity index (χ0) is 23.3. The van der Waals surface area contributed by atoms with Crippen molar-refractivity contribution in [2.75, 3.05) is 6.26 Å². The Morgan fingerprint density at radius 3 is 2.06 bits per heavy atom. The lowest BCUT2D eigenvalue weighted by Crippen LogP contribution is -2.07. The topological polar surface area (TPSA) is 62.8 Å². The molecule has 4 nitrogen and oxygen atoms in total. The fraction of sp³-hybridized carbons (Fsp3) is 0.211. The quantitative estimate of drug-likeness (QED) is 0.503. The van der Waals surface area contributed by atoms with Crippen LogP contribution in [0.4, 0.5) is 30.7 Å². The summed E-state index contributed by atoms with van der Waals surface area (Å²) in [6.07, 6.45) is -7.32. The molecule has 0 saturated heterocycles. The number of imidazole rings is 1. The summed E-state index contributed by atoms with van der Waals surface area (Å²) in [6, 6.07) is 4.13. The van der Waals surface area contributed by atoms with E-state index < -0.39 is 61.6 Å². The van der Waals surface area contributed by atoms with Crippen LogP contribution >= 0.6 is 0 Å². The second-order valence-corrected chi connectivity index (χ2v) is 8.67. The Morgan fingerprint density at radius 2 is 1.58 bits per heavy atom. The first-order valence-corrected chi connectivity index (χ1v) is 10.3. The molecule has 3 rings (SSSR count). The number of alkyl halides is 5. The molecule has 0 fully saturated rings. The van der Waals surface area contributed by atoms with Crippen LogP contribution in [0.1, 0.15) is 23.4 Å². The van der Waals surface area contributed by atoms with Gasteiger partial charge in [0.15, 0.2) is 15.7 Å². The number of benzene rings is 2. The van der Waals surface area contributed by atoms with E-state index in [1.807, 2.05) is 0 Å². The van der Waals surface area contributed by atoms with Crippen LogP contribution < -0.4 is 0 Å². The van der Waals surface area contributed by atoms with Crippen molar-refractivity contribution in [1.82, 2.24) is 9.97 Å². The Morgan fingerprint density at radius 1 is 1.00 bits per heavy atom. The molecule has 0 amide bonds. The Kier molecular flexibility index (Phi) is 5.63. The van der Waals surface area contributed by atoms with Crippen molar-refractivity contribution in [2.24, 2.45) is 0 Å². The smallest absolute Gasteiger partial charge is 0.337 e. The molecule has 0 bridgehead atoms. The number of hydrogen-bond acceptors (Lipinski definition) is 3. The van der Waals surface area contributed by atoms with Crippen LogP contribution in [-0.4, -0.2) is 24.6 Å². The van der Waals surface area contributed by atoms with Gasteiger partial charge in [-0.15, -0.1) is 0 Å². The van der Waals surface area contributed by atoms with E-state index in [0.717, 1.165) is 6.07 Å². The fourth-order valence-corrected chi connectivity index (χ4v) is 3.87. The molecular formula is C19H13F7N2O2S. The molecule has 0 saturated carbocycles. The summed E-state index contributed by atoms with van der Waals surface area (Å²) in [5.74, 6) is -3.93. The molecule has 0 spiro atoms. The summed E-state index contributed by atoms with van der Waals surface area (Å²) < 4.78 is 118. The van der Waals surface area contributed by atoms with Crippen molar-refractivity contribution in [3.8, 4) is 22.5 Å². The van der Waals surface area contributed by atoms with Crippen LogP contribution in [0.2, 0.25) is 0 Å². The lowest BCUT2D eigenvalue weighted by molar-refractivity contribution is -0.138. The normalized spacial score (nSPS) is 12.6. The molecule has 0 aliphatic rings. The SMILES string of the molecule is Cc1ccc(-c2[nH]c(C(F)F)nc2-c2cc(F)c(S(C)(=O)=O)c(F)c2)cc1C(F)(F)F. The summed E-state index contributed by atoms with van der Waals surface area (Å²) in [5.41, 5.74) is -2.61. The first-order valence-electron chi connectivity index (χ1n) is 8.46. The van der Waals surface area contributed by atoms with Gasteiger partial charge in [-0.3, -0.25) is 0 Å². The zero-order valence-electron chi connectivity index (χ0n) is 15.8. The standard InChI is InChI=1S/C19H13F7N2O2S/c1-8-3-4-9(5-11(8)19(24,25)26)14-15(28-18(27-14)17(22)23)10-6-12(20)16(13(21)7-10)31(2,29)30/h3-7,17H,1-2H3,(H,27,28). The molecular weight excluding hydrogens is 453 g/mol. The summed E-state index contributed by atoms with van der Waals surface area (Å²) in [6.45, 7) is 1.21. The van der Waals surface area contributed by atoms with Gasteiger partial charge in [-0.2, -0.15) is 13.2 Å². The number of H-pyrrole nitrogens is 1. The van der Waals surface area contributed by atoms with E-state index in [-0.39, 0.29) is 16.8 Å². The summed E-state index contributed by atoms with van der Waals surface area (Å²) in [5, 5.41) is 0. The van der Waals surface area contributed by atoms with Crippen LogP contribution in [0.25, 0.3) is 22.5 Å². The molecule has 31 heavy (non-hydrogen) atoms. The van der Waals surface area contributed by atoms with Gasteiger partial charge in [0.05, 0.1) is 17.0 Å². The minimum atomic E-state index is -4.73. The largest absolute Gasteiger partial charge is 0.416 e. The molecule has 1 N–H and O–H groups in total. The molecule has 0 atom stereocenters. The second kappa shape index (κ2) is 7.66. The van der Waals surface area contributed by atoms with E-state index >= 15 is 0 Å². The summed E-state index contributed by atoms with van der Waals surface area (Å²) in [4.78, 5) is 4.54. The fourth-order valence-electron chi connectivity index (χ4n) is 3.05. The Balaban J connectivity index is 2.28. The van der Waals surface area contributed by atoms with Crippen molar-refractivity contribution >= 4 is 9.84 Å². The van der Waals surface area contributed by atoms with E-state index in [9.17, 15) is 39.2 Å². The van der Waals surface area contributed by atoms with E-state index in [0.29, 0.717) is 24.5 Å². The highest BCUT2D eigenvalue weighted by atomic mass is 32.2. The predicted molar refractivity (Wildman–Crippen MR) is 97.2 cm³/mol. The molecule has 3 aromatic rings. The number of aromatic nitrogens is 2. The van der Waals surface area contributed by atoms with E-state index in [1.165, 1.54) is 13.0 Å². The van der Waals surface area contributed by atoms with Crippen molar-refractivity contribution in [3.63, 3.8) is 0 Å². The lowest BCUT2D eigenvalue weighted by Gasteiger charge is -2.12. The van der Waals surface area contributed by atoms with E-state index in [1.54, 1.807) is 0 Å². The van der Waals surface area contributed by atoms with Gasteiger partial charge in [0.1, 0.15) is 16.5 Å². The third kappa shape index (κ3) is 4.43. The highest BCUT2D eigenvalue weighted by molar-refractivity contribution is 7.90. The number of sulfone groups is 1. The van der Waals surface area contributed by atoms with Gasteiger partial charge >= 0.3 is 6.18 Å². The number of aromatic amines is 1. The molecule has 0 aliphatic carbocycles. The number of nitrogens with one attached hydrogen (secondary N) is 1. The second-order valence-electron chi connectivity index (χ2n) is 6.71. The maximum absolute atomic E-state index is 14.3. The molecule has 0 unspecified atom stereocenters. The van der Waals surface area contributed by atoms with Crippen molar-refractivity contribution in [3.05, 3.63) is 58.9 Å². The van der Waals surface area contributed by atoms with Crippen LogP contribution in [0.15, 0.2) is 35.2 Å². The van der Waals surface area contributed by atoms with Gasteiger partial charge in [-0.25, -0.2) is 31.0 Å². The number of nitrogens with zero attached hydrogens (tertiary/aromatic N) is 1. The van der Waals surface area contributed by atoms with Crippen LogP contribution in [0.3, 0.4) is 0 Å². The lowest BCUT2D eigenvalue weighted by atomic mass is 10.00. The van der Waals surface area contributed by atoms with Crippen molar-refractivity contribution < 1.29 is 39.2 Å². The average Bonchev–Trinajstić information content (AvgIpc) is 3.05. The van der Waals surface area contributed by atoms with Crippen molar-refractivity contribution in [2.45, 2.75) is 24.4 Å². The van der Waals surface area contributed by atoms with Gasteiger partial charge < -0.3 is 4.98 Å². The maximum Gasteiger partial charge on any atom is 0.416 e. The van der Waals surface area contributed by atoms with Gasteiger partial charge in [0, 0.05) is 17.4 Å². The maximum atomic E-state index is 14.3. The third-order valence-corrected chi connectivity index (χ3v) is 5.53. The van der Waals surface area contributed by atoms with E-state index in [4.69, 9.17) is 0 Å². The number of halogens is 7. The van der Waals surface area contributed by atoms with Gasteiger partial charge in [0.2, 0.25) is 0 Å². The molecule has 0 aliphatic heterocycles. The van der Waals surface area contributed by atoms with Crippen molar-refractivity contribution in [1.29, 1.82) is 0 Å². The number of hydrogen-bond donors (Lipinski definition) is 1. The molecule has 166 valence electrons. The van der Waals surface area contributed by atoms with Crippen LogP contribution in [0.5, 0.6) is 0 Å². The van der Waals surface area contributed by atoms with Gasteiger partial charge in [-0.1, -0.05) is 12.1 Å². The number of rotatable bonds is 4. The first-order chi connectivity index (χ1) is 14.2.